The second-order valence-electron chi connectivity index (χ2n) is 3.74. The van der Waals surface area contributed by atoms with E-state index in [0.717, 1.165) is 0 Å². The molecule has 0 bridgehead atoms. The molecule has 2 N–H and O–H groups in total. The predicted octanol–water partition coefficient (Wildman–Crippen LogP) is 2.63. The Hall–Kier alpha value is -0.650. The van der Waals surface area contributed by atoms with E-state index >= 15 is 0 Å². The van der Waals surface area contributed by atoms with Gasteiger partial charge < -0.3 is 5.73 Å². The Morgan fingerprint density at radius 3 is 2.44 bits per heavy atom. The van der Waals surface area contributed by atoms with Crippen LogP contribution in [0, 0.1) is 5.82 Å². The van der Waals surface area contributed by atoms with Crippen molar-refractivity contribution < 1.29 is 8.60 Å². The molecule has 0 heterocycles. The van der Waals surface area contributed by atoms with Gasteiger partial charge in [-0.25, -0.2) is 8.60 Å². The Morgan fingerprint density at radius 2 is 2.00 bits per heavy atom. The molecule has 0 fully saturated rings. The van der Waals surface area contributed by atoms with Gasteiger partial charge in [0, 0.05) is 33.8 Å². The summed E-state index contributed by atoms with van der Waals surface area (Å²) in [4.78, 5) is 0. The Balaban J connectivity index is 0.00000225. The average Bonchev–Trinajstić information content (AvgIpc) is 2.05. The summed E-state index contributed by atoms with van der Waals surface area (Å²) in [7, 11) is -2.35. The van der Waals surface area contributed by atoms with Crippen LogP contribution in [0.5, 0.6) is 0 Å². The van der Waals surface area contributed by atoms with Crippen molar-refractivity contribution in [2.24, 2.45) is 10.1 Å². The number of rotatable bonds is 2. The van der Waals surface area contributed by atoms with Crippen LogP contribution < -0.4 is 5.73 Å². The third-order valence-electron chi connectivity index (χ3n) is 1.82. The molecule has 0 aromatic heterocycles. The Kier molecular flexibility index (Phi) is 5.38. The molecule has 16 heavy (non-hydrogen) atoms. The van der Waals surface area contributed by atoms with Gasteiger partial charge in [0.1, 0.15) is 5.69 Å². The monoisotopic (exact) mass is 266 g/mol. The average molecular weight is 267 g/mol. The molecule has 0 radical (unpaired) electrons. The lowest BCUT2D eigenvalue weighted by atomic mass is 10.1. The van der Waals surface area contributed by atoms with Crippen molar-refractivity contribution in [3.63, 3.8) is 0 Å². The zero-order chi connectivity index (χ0) is 11.6. The van der Waals surface area contributed by atoms with E-state index in [2.05, 4.69) is 4.36 Å². The van der Waals surface area contributed by atoms with E-state index in [4.69, 9.17) is 5.73 Å². The largest absolute Gasteiger partial charge is 0.324 e. The summed E-state index contributed by atoms with van der Waals surface area (Å²) in [5.41, 5.74) is 6.09. The fraction of sp³-hybridized carbons (Fsp3) is 0.400. The molecule has 0 amide bonds. The van der Waals surface area contributed by atoms with Gasteiger partial charge >= 0.3 is 0 Å². The van der Waals surface area contributed by atoms with Crippen LogP contribution in [0.15, 0.2) is 22.6 Å². The predicted molar refractivity (Wildman–Crippen MR) is 68.3 cm³/mol. The summed E-state index contributed by atoms with van der Waals surface area (Å²) in [6.07, 6.45) is 2.93. The third kappa shape index (κ3) is 4.08. The molecule has 0 aliphatic carbocycles. The molecular formula is C10H16ClFN2OS. The van der Waals surface area contributed by atoms with Gasteiger partial charge in [-0.2, -0.15) is 4.36 Å². The molecule has 3 nitrogen and oxygen atoms in total. The normalized spacial score (nSPS) is 12.8. The van der Waals surface area contributed by atoms with Crippen molar-refractivity contribution in [3.05, 3.63) is 29.6 Å². The third-order valence-corrected chi connectivity index (χ3v) is 2.45. The van der Waals surface area contributed by atoms with Gasteiger partial charge in [0.05, 0.1) is 0 Å². The van der Waals surface area contributed by atoms with Gasteiger partial charge in [0.15, 0.2) is 5.82 Å². The van der Waals surface area contributed by atoms with Crippen LogP contribution in [0.2, 0.25) is 0 Å². The van der Waals surface area contributed by atoms with E-state index in [1.807, 2.05) is 0 Å². The fourth-order valence-electron chi connectivity index (χ4n) is 1.20. The molecule has 92 valence electrons. The lowest BCUT2D eigenvalue weighted by Gasteiger charge is -2.08. The van der Waals surface area contributed by atoms with Crippen LogP contribution in [-0.4, -0.2) is 16.7 Å². The van der Waals surface area contributed by atoms with Gasteiger partial charge in [-0.1, -0.05) is 12.1 Å². The minimum atomic E-state index is -2.35. The molecular weight excluding hydrogens is 251 g/mol. The zero-order valence-electron chi connectivity index (χ0n) is 9.44. The summed E-state index contributed by atoms with van der Waals surface area (Å²) in [6.45, 7) is 1.69. The Labute approximate surface area is 102 Å². The molecule has 1 aromatic rings. The molecule has 0 saturated carbocycles. The second-order valence-corrected chi connectivity index (χ2v) is 6.29. The van der Waals surface area contributed by atoms with E-state index in [-0.39, 0.29) is 18.1 Å². The van der Waals surface area contributed by atoms with E-state index in [1.54, 1.807) is 19.1 Å². The van der Waals surface area contributed by atoms with Crippen LogP contribution in [0.25, 0.3) is 0 Å². The highest BCUT2D eigenvalue weighted by Crippen LogP contribution is 2.25. The maximum atomic E-state index is 13.8. The highest BCUT2D eigenvalue weighted by atomic mass is 35.5. The van der Waals surface area contributed by atoms with Gasteiger partial charge in [-0.15, -0.1) is 12.4 Å². The minimum absolute atomic E-state index is 0. The number of hydrogen-bond donors (Lipinski definition) is 1. The summed E-state index contributed by atoms with van der Waals surface area (Å²) < 4.78 is 29.0. The van der Waals surface area contributed by atoms with E-state index in [9.17, 15) is 8.60 Å². The van der Waals surface area contributed by atoms with Crippen molar-refractivity contribution in [2.45, 2.75) is 13.0 Å². The maximum Gasteiger partial charge on any atom is 0.154 e. The number of nitrogens with two attached hydrogens (primary N) is 1. The second kappa shape index (κ2) is 5.61. The first-order chi connectivity index (χ1) is 6.81. The number of halogens is 2. The standard InChI is InChI=1S/C10H15FN2OS.ClH/c1-7(12)8-5-4-6-9(10(8)11)13-15(2,3)14;/h4-7H,12H2,1-3H3;1H/t7-;/m1./s1. The molecule has 6 heteroatoms. The highest BCUT2D eigenvalue weighted by Gasteiger charge is 2.11. The molecule has 0 saturated heterocycles. The van der Waals surface area contributed by atoms with Gasteiger partial charge in [-0.05, 0) is 13.0 Å². The first-order valence-corrected chi connectivity index (χ1v) is 6.85. The first-order valence-electron chi connectivity index (χ1n) is 4.52. The van der Waals surface area contributed by atoms with Crippen molar-refractivity contribution in [3.8, 4) is 0 Å². The van der Waals surface area contributed by atoms with Crippen LogP contribution in [0.3, 0.4) is 0 Å². The van der Waals surface area contributed by atoms with E-state index in [1.165, 1.54) is 18.6 Å². The summed E-state index contributed by atoms with van der Waals surface area (Å²) in [5, 5.41) is 0. The smallest absolute Gasteiger partial charge is 0.154 e. The minimum Gasteiger partial charge on any atom is -0.324 e. The highest BCUT2D eigenvalue weighted by molar-refractivity contribution is 7.92. The van der Waals surface area contributed by atoms with Crippen molar-refractivity contribution >= 4 is 27.8 Å². The summed E-state index contributed by atoms with van der Waals surface area (Å²) in [5.74, 6) is -0.482. The SMILES string of the molecule is C[C@@H](N)c1cccc(N=S(C)(C)=O)c1F.Cl. The lowest BCUT2D eigenvalue weighted by molar-refractivity contribution is 0.596. The zero-order valence-corrected chi connectivity index (χ0v) is 11.1. The maximum absolute atomic E-state index is 13.8. The molecule has 0 aliphatic rings. The molecule has 0 aliphatic heterocycles. The van der Waals surface area contributed by atoms with Crippen LogP contribution in [-0.2, 0) is 9.73 Å². The number of hydrogen-bond acceptors (Lipinski definition) is 3. The van der Waals surface area contributed by atoms with Crippen LogP contribution in [0.1, 0.15) is 18.5 Å². The number of benzene rings is 1. The topological polar surface area (TPSA) is 55.4 Å². The van der Waals surface area contributed by atoms with E-state index in [0.29, 0.717) is 5.56 Å². The lowest BCUT2D eigenvalue weighted by Crippen LogP contribution is -2.07. The van der Waals surface area contributed by atoms with Crippen molar-refractivity contribution in [1.82, 2.24) is 0 Å². The Morgan fingerprint density at radius 1 is 1.44 bits per heavy atom. The number of nitrogens with zero attached hydrogens (tertiary/aromatic N) is 1. The van der Waals surface area contributed by atoms with Gasteiger partial charge in [0.25, 0.3) is 0 Å². The van der Waals surface area contributed by atoms with Gasteiger partial charge in [0.2, 0.25) is 0 Å². The molecule has 0 unspecified atom stereocenters. The Bertz CT molecular complexity index is 474. The summed E-state index contributed by atoms with van der Waals surface area (Å²) >= 11 is 0. The quantitative estimate of drug-likeness (QED) is 0.895. The summed E-state index contributed by atoms with van der Waals surface area (Å²) in [6, 6.07) is 4.36. The first kappa shape index (κ1) is 15.3. The fourth-order valence-corrected chi connectivity index (χ4v) is 1.81. The van der Waals surface area contributed by atoms with Crippen LogP contribution >= 0.6 is 12.4 Å². The molecule has 1 atom stereocenters. The van der Waals surface area contributed by atoms with Crippen molar-refractivity contribution in [1.29, 1.82) is 0 Å². The van der Waals surface area contributed by atoms with Crippen LogP contribution in [0.4, 0.5) is 10.1 Å². The van der Waals surface area contributed by atoms with Gasteiger partial charge in [-0.3, -0.25) is 0 Å². The van der Waals surface area contributed by atoms with E-state index < -0.39 is 21.6 Å². The molecule has 1 rings (SSSR count). The van der Waals surface area contributed by atoms with Crippen molar-refractivity contribution in [2.75, 3.05) is 12.5 Å². The molecule has 1 aromatic carbocycles. The molecule has 0 spiro atoms.